The molecule has 0 fully saturated rings. The topological polar surface area (TPSA) is 37.8 Å². The second-order valence-electron chi connectivity index (χ2n) is 3.71. The Labute approximate surface area is 110 Å². The van der Waals surface area contributed by atoms with Gasteiger partial charge in [0.2, 0.25) is 10.1 Å². The molecule has 1 N–H and O–H groups in total. The van der Waals surface area contributed by atoms with Crippen molar-refractivity contribution in [2.24, 2.45) is 0 Å². The van der Waals surface area contributed by atoms with Crippen molar-refractivity contribution < 1.29 is 13.2 Å². The third-order valence-electron chi connectivity index (χ3n) is 2.26. The van der Waals surface area contributed by atoms with E-state index in [1.165, 1.54) is 4.88 Å². The lowest BCUT2D eigenvalue weighted by Crippen LogP contribution is -2.08. The third kappa shape index (κ3) is 3.20. The van der Waals surface area contributed by atoms with Crippen molar-refractivity contribution >= 4 is 27.8 Å². The fourth-order valence-electron chi connectivity index (χ4n) is 1.32. The molecule has 98 valence electrons. The van der Waals surface area contributed by atoms with Crippen molar-refractivity contribution in [1.82, 2.24) is 10.2 Å². The van der Waals surface area contributed by atoms with E-state index in [9.17, 15) is 13.2 Å². The van der Waals surface area contributed by atoms with Crippen molar-refractivity contribution in [1.29, 1.82) is 0 Å². The SMILES string of the molecule is CC(CNc1nnc(C(F)(F)F)s1)c1cccs1. The van der Waals surface area contributed by atoms with Crippen molar-refractivity contribution in [2.45, 2.75) is 19.0 Å². The van der Waals surface area contributed by atoms with Gasteiger partial charge in [0.1, 0.15) is 0 Å². The van der Waals surface area contributed by atoms with E-state index in [0.29, 0.717) is 17.9 Å². The van der Waals surface area contributed by atoms with Gasteiger partial charge in [0.25, 0.3) is 0 Å². The van der Waals surface area contributed by atoms with E-state index in [1.807, 2.05) is 24.4 Å². The number of nitrogens with one attached hydrogen (secondary N) is 1. The number of hydrogen-bond donors (Lipinski definition) is 1. The van der Waals surface area contributed by atoms with Gasteiger partial charge in [-0.25, -0.2) is 0 Å². The second-order valence-corrected chi connectivity index (χ2v) is 5.66. The first-order chi connectivity index (χ1) is 8.47. The van der Waals surface area contributed by atoms with Gasteiger partial charge in [-0.2, -0.15) is 13.2 Å². The van der Waals surface area contributed by atoms with Gasteiger partial charge < -0.3 is 5.32 Å². The zero-order chi connectivity index (χ0) is 13.2. The summed E-state index contributed by atoms with van der Waals surface area (Å²) >= 11 is 2.15. The number of nitrogens with zero attached hydrogens (tertiary/aromatic N) is 2. The zero-order valence-electron chi connectivity index (χ0n) is 9.36. The van der Waals surface area contributed by atoms with Gasteiger partial charge >= 0.3 is 6.18 Å². The lowest BCUT2D eigenvalue weighted by Gasteiger charge is -2.09. The van der Waals surface area contributed by atoms with Crippen LogP contribution in [0.25, 0.3) is 0 Å². The molecular formula is C10H10F3N3S2. The van der Waals surface area contributed by atoms with E-state index in [1.54, 1.807) is 11.3 Å². The molecule has 0 aliphatic heterocycles. The predicted octanol–water partition coefficient (Wildman–Crippen LogP) is 3.83. The predicted molar refractivity (Wildman–Crippen MR) is 66.1 cm³/mol. The summed E-state index contributed by atoms with van der Waals surface area (Å²) in [6.45, 7) is 2.54. The minimum Gasteiger partial charge on any atom is -0.359 e. The van der Waals surface area contributed by atoms with E-state index in [2.05, 4.69) is 15.5 Å². The Hall–Kier alpha value is -1.15. The molecule has 3 nitrogen and oxygen atoms in total. The molecule has 0 aliphatic carbocycles. The second kappa shape index (κ2) is 5.23. The van der Waals surface area contributed by atoms with E-state index < -0.39 is 11.2 Å². The van der Waals surface area contributed by atoms with Gasteiger partial charge in [-0.05, 0) is 11.4 Å². The third-order valence-corrected chi connectivity index (χ3v) is 4.29. The summed E-state index contributed by atoms with van der Waals surface area (Å²) in [5, 5.41) is 10.7. The highest BCUT2D eigenvalue weighted by atomic mass is 32.1. The van der Waals surface area contributed by atoms with Crippen LogP contribution in [0.4, 0.5) is 18.3 Å². The molecule has 2 heterocycles. The zero-order valence-corrected chi connectivity index (χ0v) is 11.0. The number of alkyl halides is 3. The molecule has 1 atom stereocenters. The molecule has 0 spiro atoms. The molecule has 0 bridgehead atoms. The molecular weight excluding hydrogens is 283 g/mol. The van der Waals surface area contributed by atoms with E-state index in [-0.39, 0.29) is 11.0 Å². The Morgan fingerprint density at radius 3 is 2.72 bits per heavy atom. The molecule has 0 saturated carbocycles. The quantitative estimate of drug-likeness (QED) is 0.931. The van der Waals surface area contributed by atoms with E-state index >= 15 is 0 Å². The monoisotopic (exact) mass is 293 g/mol. The average molecular weight is 293 g/mol. The number of halogens is 3. The molecule has 2 aromatic rings. The van der Waals surface area contributed by atoms with Crippen molar-refractivity contribution in [3.8, 4) is 0 Å². The first-order valence-corrected chi connectivity index (χ1v) is 6.84. The van der Waals surface area contributed by atoms with Crippen LogP contribution in [-0.2, 0) is 6.18 Å². The Morgan fingerprint density at radius 1 is 1.39 bits per heavy atom. The van der Waals surface area contributed by atoms with Gasteiger partial charge in [-0.15, -0.1) is 21.5 Å². The maximum atomic E-state index is 12.3. The van der Waals surface area contributed by atoms with Crippen LogP contribution in [0.5, 0.6) is 0 Å². The van der Waals surface area contributed by atoms with Crippen molar-refractivity contribution in [2.75, 3.05) is 11.9 Å². The van der Waals surface area contributed by atoms with Crippen LogP contribution in [0.1, 0.15) is 22.7 Å². The van der Waals surface area contributed by atoms with Crippen molar-refractivity contribution in [3.63, 3.8) is 0 Å². The van der Waals surface area contributed by atoms with Gasteiger partial charge in [-0.3, -0.25) is 0 Å². The number of aromatic nitrogens is 2. The van der Waals surface area contributed by atoms with Gasteiger partial charge in [0, 0.05) is 17.3 Å². The van der Waals surface area contributed by atoms with E-state index in [4.69, 9.17) is 0 Å². The van der Waals surface area contributed by atoms with Crippen LogP contribution in [-0.4, -0.2) is 16.7 Å². The fourth-order valence-corrected chi connectivity index (χ4v) is 2.73. The van der Waals surface area contributed by atoms with E-state index in [0.717, 1.165) is 0 Å². The molecule has 8 heteroatoms. The van der Waals surface area contributed by atoms with Crippen LogP contribution in [0.15, 0.2) is 17.5 Å². The van der Waals surface area contributed by atoms with Crippen LogP contribution in [0.3, 0.4) is 0 Å². The summed E-state index contributed by atoms with van der Waals surface area (Å²) in [6, 6.07) is 3.95. The summed E-state index contributed by atoms with van der Waals surface area (Å²) < 4.78 is 36.9. The lowest BCUT2D eigenvalue weighted by molar-refractivity contribution is -0.138. The molecule has 0 saturated heterocycles. The standard InChI is InChI=1S/C10H10F3N3S2/c1-6(7-3-2-4-17-7)5-14-9-16-15-8(18-9)10(11,12)13/h2-4,6H,5H2,1H3,(H,14,16). The minimum atomic E-state index is -4.42. The molecule has 2 rings (SSSR count). The first kappa shape index (κ1) is 13.3. The number of thiophene rings is 1. The maximum Gasteiger partial charge on any atom is 0.445 e. The molecule has 1 unspecified atom stereocenters. The highest BCUT2D eigenvalue weighted by Crippen LogP contribution is 2.33. The molecule has 18 heavy (non-hydrogen) atoms. The van der Waals surface area contributed by atoms with Gasteiger partial charge in [0.15, 0.2) is 0 Å². The highest BCUT2D eigenvalue weighted by Gasteiger charge is 2.35. The molecule has 0 aliphatic rings. The summed E-state index contributed by atoms with van der Waals surface area (Å²) in [4.78, 5) is 1.18. The molecule has 0 amide bonds. The first-order valence-electron chi connectivity index (χ1n) is 5.15. The van der Waals surface area contributed by atoms with Crippen molar-refractivity contribution in [3.05, 3.63) is 27.4 Å². The number of anilines is 1. The summed E-state index contributed by atoms with van der Waals surface area (Å²) in [5.74, 6) is 0.225. The normalized spacial score (nSPS) is 13.6. The largest absolute Gasteiger partial charge is 0.445 e. The smallest absolute Gasteiger partial charge is 0.359 e. The van der Waals surface area contributed by atoms with Crippen LogP contribution in [0, 0.1) is 0 Å². The Balaban J connectivity index is 1.93. The summed E-state index contributed by atoms with van der Waals surface area (Å²) in [5.41, 5.74) is 0. The Bertz CT molecular complexity index is 493. The highest BCUT2D eigenvalue weighted by molar-refractivity contribution is 7.15. The lowest BCUT2D eigenvalue weighted by atomic mass is 10.1. The molecule has 0 radical (unpaired) electrons. The molecule has 2 aromatic heterocycles. The van der Waals surface area contributed by atoms with Gasteiger partial charge in [0.05, 0.1) is 0 Å². The van der Waals surface area contributed by atoms with Crippen LogP contribution >= 0.6 is 22.7 Å². The minimum absolute atomic E-state index is 0.200. The Morgan fingerprint density at radius 2 is 2.17 bits per heavy atom. The number of rotatable bonds is 4. The average Bonchev–Trinajstić information content (AvgIpc) is 2.96. The van der Waals surface area contributed by atoms with Gasteiger partial charge in [-0.1, -0.05) is 24.3 Å². The summed E-state index contributed by atoms with van der Waals surface area (Å²) in [6.07, 6.45) is -4.42. The summed E-state index contributed by atoms with van der Waals surface area (Å²) in [7, 11) is 0. The molecule has 0 aromatic carbocycles. The van der Waals surface area contributed by atoms with Crippen LogP contribution < -0.4 is 5.32 Å². The van der Waals surface area contributed by atoms with Crippen LogP contribution in [0.2, 0.25) is 0 Å². The number of hydrogen-bond acceptors (Lipinski definition) is 5. The maximum absolute atomic E-state index is 12.3. The fraction of sp³-hybridized carbons (Fsp3) is 0.400. The Kier molecular flexibility index (Phi) is 3.86.